The van der Waals surface area contributed by atoms with Crippen LogP contribution in [-0.4, -0.2) is 36.0 Å². The van der Waals surface area contributed by atoms with Gasteiger partial charge >= 0.3 is 0 Å². The summed E-state index contributed by atoms with van der Waals surface area (Å²) in [5, 5.41) is 10.7. The zero-order chi connectivity index (χ0) is 17.0. The predicted molar refractivity (Wildman–Crippen MR) is 93.4 cm³/mol. The van der Waals surface area contributed by atoms with Gasteiger partial charge in [0.25, 0.3) is 0 Å². The number of benzene rings is 1. The van der Waals surface area contributed by atoms with Crippen LogP contribution in [0, 0.1) is 0 Å². The second kappa shape index (κ2) is 5.66. The van der Waals surface area contributed by atoms with Gasteiger partial charge in [-0.05, 0) is 31.0 Å². The Hall–Kier alpha value is -2.22. The normalized spacial score (nSPS) is 17.8. The molecule has 3 aromatic heterocycles. The van der Waals surface area contributed by atoms with Crippen molar-refractivity contribution in [1.29, 1.82) is 0 Å². The van der Waals surface area contributed by atoms with Crippen molar-refractivity contribution in [3.05, 3.63) is 46.6 Å². The first-order valence-corrected chi connectivity index (χ1v) is 8.62. The lowest BCUT2D eigenvalue weighted by Gasteiger charge is -2.04. The van der Waals surface area contributed by atoms with E-state index < -0.39 is 0 Å². The highest BCUT2D eigenvalue weighted by Crippen LogP contribution is 2.29. The first-order valence-electron chi connectivity index (χ1n) is 7.87. The molecule has 0 radical (unpaired) electrons. The number of ether oxygens (including phenoxy) is 1. The van der Waals surface area contributed by atoms with Gasteiger partial charge in [-0.15, -0.1) is 5.10 Å². The fourth-order valence-electron chi connectivity index (χ4n) is 3.06. The molecule has 1 aliphatic rings. The topological polar surface area (TPSA) is 70.1 Å². The first kappa shape index (κ1) is 15.1. The maximum atomic E-state index is 6.12. The van der Waals surface area contributed by atoms with Gasteiger partial charge in [0.05, 0.1) is 27.3 Å². The average Bonchev–Trinajstić information content (AvgIpc) is 3.34. The number of hydrogen-bond acceptors (Lipinski definition) is 5. The Morgan fingerprint density at radius 1 is 1.16 bits per heavy atom. The van der Waals surface area contributed by atoms with Gasteiger partial charge in [-0.1, -0.05) is 23.2 Å². The average molecular weight is 375 g/mol. The summed E-state index contributed by atoms with van der Waals surface area (Å²) in [6, 6.07) is 5.33. The van der Waals surface area contributed by atoms with Gasteiger partial charge in [0.15, 0.2) is 17.1 Å². The van der Waals surface area contributed by atoms with E-state index in [0.29, 0.717) is 27.2 Å². The zero-order valence-corrected chi connectivity index (χ0v) is 14.4. The number of aromatic nitrogens is 6. The van der Waals surface area contributed by atoms with Gasteiger partial charge < -0.3 is 4.74 Å². The predicted octanol–water partition coefficient (Wildman–Crippen LogP) is 3.62. The number of rotatable bonds is 2. The maximum Gasteiger partial charge on any atom is 0.180 e. The van der Waals surface area contributed by atoms with E-state index in [1.54, 1.807) is 33.9 Å². The molecule has 0 N–H and O–H groups in total. The van der Waals surface area contributed by atoms with E-state index in [2.05, 4.69) is 20.2 Å². The van der Waals surface area contributed by atoms with Crippen LogP contribution in [0.25, 0.3) is 22.4 Å². The molecule has 5 rings (SSSR count). The van der Waals surface area contributed by atoms with Gasteiger partial charge in [0, 0.05) is 6.61 Å². The van der Waals surface area contributed by atoms with Crippen LogP contribution in [0.15, 0.2) is 30.7 Å². The monoisotopic (exact) mass is 374 g/mol. The van der Waals surface area contributed by atoms with Crippen LogP contribution < -0.4 is 0 Å². The first-order chi connectivity index (χ1) is 12.2. The molecule has 0 saturated carbocycles. The fourth-order valence-corrected chi connectivity index (χ4v) is 3.35. The van der Waals surface area contributed by atoms with Crippen molar-refractivity contribution in [2.75, 3.05) is 6.61 Å². The SMILES string of the molecule is Clc1ccc(-n2ncc3c2ncn2nc([C@H]4CCCO4)nc32)cc1Cl. The zero-order valence-electron chi connectivity index (χ0n) is 12.9. The molecule has 0 bridgehead atoms. The third-order valence-corrected chi connectivity index (χ3v) is 5.03. The third-order valence-electron chi connectivity index (χ3n) is 4.29. The van der Waals surface area contributed by atoms with Crippen molar-refractivity contribution in [2.45, 2.75) is 18.9 Å². The van der Waals surface area contributed by atoms with Crippen molar-refractivity contribution in [2.24, 2.45) is 0 Å². The molecule has 25 heavy (non-hydrogen) atoms. The van der Waals surface area contributed by atoms with Crippen LogP contribution in [0.3, 0.4) is 0 Å². The van der Waals surface area contributed by atoms with Crippen molar-refractivity contribution in [1.82, 2.24) is 29.4 Å². The van der Waals surface area contributed by atoms with Crippen molar-refractivity contribution >= 4 is 39.9 Å². The molecule has 1 atom stereocenters. The van der Waals surface area contributed by atoms with Crippen LogP contribution in [-0.2, 0) is 4.74 Å². The molecule has 0 aliphatic carbocycles. The van der Waals surface area contributed by atoms with Crippen molar-refractivity contribution in [3.8, 4) is 5.69 Å². The van der Waals surface area contributed by atoms with E-state index in [9.17, 15) is 0 Å². The van der Waals surface area contributed by atoms with E-state index in [1.165, 1.54) is 0 Å². The van der Waals surface area contributed by atoms with E-state index in [0.717, 1.165) is 30.5 Å². The number of hydrogen-bond donors (Lipinski definition) is 0. The molecule has 1 fully saturated rings. The highest BCUT2D eigenvalue weighted by molar-refractivity contribution is 6.42. The van der Waals surface area contributed by atoms with Crippen molar-refractivity contribution < 1.29 is 4.74 Å². The molecule has 4 aromatic rings. The van der Waals surface area contributed by atoms with Gasteiger partial charge in [0.2, 0.25) is 0 Å². The summed E-state index contributed by atoms with van der Waals surface area (Å²) >= 11 is 12.1. The fraction of sp³-hybridized carbons (Fsp3) is 0.250. The lowest BCUT2D eigenvalue weighted by atomic mass is 10.2. The Morgan fingerprint density at radius 2 is 2.08 bits per heavy atom. The van der Waals surface area contributed by atoms with Crippen LogP contribution in [0.1, 0.15) is 24.8 Å². The minimum absolute atomic E-state index is 0.0416. The summed E-state index contributed by atoms with van der Waals surface area (Å²) in [4.78, 5) is 9.13. The number of halogens is 2. The number of nitrogens with zero attached hydrogens (tertiary/aromatic N) is 6. The summed E-state index contributed by atoms with van der Waals surface area (Å²) < 4.78 is 9.05. The van der Waals surface area contributed by atoms with Gasteiger partial charge in [-0.25, -0.2) is 19.2 Å². The minimum Gasteiger partial charge on any atom is -0.370 e. The second-order valence-corrected chi connectivity index (χ2v) is 6.69. The largest absolute Gasteiger partial charge is 0.370 e. The van der Waals surface area contributed by atoms with Crippen LogP contribution >= 0.6 is 23.2 Å². The van der Waals surface area contributed by atoms with Crippen molar-refractivity contribution in [3.63, 3.8) is 0 Å². The molecule has 9 heteroatoms. The van der Waals surface area contributed by atoms with Gasteiger partial charge in [-0.3, -0.25) is 0 Å². The van der Waals surface area contributed by atoms with E-state index >= 15 is 0 Å². The summed E-state index contributed by atoms with van der Waals surface area (Å²) in [6.45, 7) is 0.753. The van der Waals surface area contributed by atoms with Gasteiger partial charge in [0.1, 0.15) is 12.4 Å². The molecule has 0 spiro atoms. The Kier molecular flexibility index (Phi) is 3.41. The molecular formula is C16H12Cl2N6O. The minimum atomic E-state index is -0.0416. The molecule has 126 valence electrons. The Bertz CT molecular complexity index is 1100. The molecule has 7 nitrogen and oxygen atoms in total. The highest BCUT2D eigenvalue weighted by atomic mass is 35.5. The lowest BCUT2D eigenvalue weighted by Crippen LogP contribution is -1.99. The van der Waals surface area contributed by atoms with Crippen LogP contribution in [0.2, 0.25) is 10.0 Å². The van der Waals surface area contributed by atoms with E-state index in [4.69, 9.17) is 27.9 Å². The smallest absolute Gasteiger partial charge is 0.180 e. The molecule has 1 saturated heterocycles. The standard InChI is InChI=1S/C16H12Cl2N6O/c17-11-4-3-9(6-12(11)18)24-15-10(7-20-24)16-21-14(13-2-1-5-25-13)22-23(16)8-19-15/h3-4,6-8,13H,1-2,5H2/t13-/m1/s1. The molecule has 0 amide bonds. The van der Waals surface area contributed by atoms with E-state index in [1.807, 2.05) is 6.07 Å². The summed E-state index contributed by atoms with van der Waals surface area (Å²) in [6.07, 6.45) is 5.30. The molecule has 1 aromatic carbocycles. The Labute approximate surface area is 152 Å². The lowest BCUT2D eigenvalue weighted by molar-refractivity contribution is 0.105. The van der Waals surface area contributed by atoms with Crippen LogP contribution in [0.4, 0.5) is 0 Å². The maximum absolute atomic E-state index is 6.12. The second-order valence-electron chi connectivity index (χ2n) is 5.88. The molecule has 4 heterocycles. The number of fused-ring (bicyclic) bond motifs is 3. The summed E-state index contributed by atoms with van der Waals surface area (Å²) in [5.74, 6) is 0.689. The van der Waals surface area contributed by atoms with Crippen LogP contribution in [0.5, 0.6) is 0 Å². The van der Waals surface area contributed by atoms with E-state index in [-0.39, 0.29) is 6.10 Å². The summed E-state index contributed by atoms with van der Waals surface area (Å²) in [7, 11) is 0. The highest BCUT2D eigenvalue weighted by Gasteiger charge is 2.23. The molecule has 1 aliphatic heterocycles. The molecule has 0 unspecified atom stereocenters. The summed E-state index contributed by atoms with van der Waals surface area (Å²) in [5.41, 5.74) is 2.17. The molecular weight excluding hydrogens is 363 g/mol. The third kappa shape index (κ3) is 2.38. The Balaban J connectivity index is 1.67. The quantitative estimate of drug-likeness (QED) is 0.535. The Morgan fingerprint density at radius 3 is 2.88 bits per heavy atom. The van der Waals surface area contributed by atoms with Gasteiger partial charge in [-0.2, -0.15) is 5.10 Å².